The van der Waals surface area contributed by atoms with Crippen LogP contribution in [0.15, 0.2) is 48.9 Å². The number of aromatic nitrogens is 3. The van der Waals surface area contributed by atoms with Gasteiger partial charge in [-0.05, 0) is 37.1 Å². The predicted molar refractivity (Wildman–Crippen MR) is 102 cm³/mol. The zero-order chi connectivity index (χ0) is 18.6. The van der Waals surface area contributed by atoms with Gasteiger partial charge in [-0.25, -0.2) is 28.1 Å². The van der Waals surface area contributed by atoms with Gasteiger partial charge in [-0.1, -0.05) is 24.3 Å². The van der Waals surface area contributed by atoms with Crippen molar-refractivity contribution in [3.63, 3.8) is 0 Å². The predicted octanol–water partition coefficient (Wildman–Crippen LogP) is 2.46. The summed E-state index contributed by atoms with van der Waals surface area (Å²) in [6.45, 7) is 4.18. The highest BCUT2D eigenvalue weighted by atomic mass is 32.2. The summed E-state index contributed by atoms with van der Waals surface area (Å²) in [7, 11) is -3.32. The molecule has 0 atom stereocenters. The van der Waals surface area contributed by atoms with Crippen molar-refractivity contribution in [3.05, 3.63) is 60.0 Å². The third kappa shape index (κ3) is 4.74. The molecule has 0 aliphatic rings. The van der Waals surface area contributed by atoms with Gasteiger partial charge < -0.3 is 5.32 Å². The summed E-state index contributed by atoms with van der Waals surface area (Å²) < 4.78 is 26.6. The molecule has 0 fully saturated rings. The average molecular weight is 371 g/mol. The standard InChI is InChI=1S/C18H21N5O2S/c1-13(2)23-26(24,25)11-15-7-5-14(6-8-15)10-20-18-16-4-3-9-19-17(16)21-12-22-18/h3-9,12-13,23H,10-11H2,1-2H3,(H,19,20,21,22). The highest BCUT2D eigenvalue weighted by Gasteiger charge is 2.12. The monoisotopic (exact) mass is 371 g/mol. The SMILES string of the molecule is CC(C)NS(=O)(=O)Cc1ccc(CNc2ncnc3ncccc23)cc1. The first-order valence-corrected chi connectivity index (χ1v) is 9.95. The average Bonchev–Trinajstić information content (AvgIpc) is 2.59. The molecule has 0 saturated heterocycles. The molecule has 0 radical (unpaired) electrons. The van der Waals surface area contributed by atoms with Crippen LogP contribution in [0.5, 0.6) is 0 Å². The number of pyridine rings is 1. The first-order chi connectivity index (χ1) is 12.4. The van der Waals surface area contributed by atoms with Crippen LogP contribution < -0.4 is 10.0 Å². The molecule has 0 amide bonds. The molecular formula is C18H21N5O2S. The fourth-order valence-electron chi connectivity index (χ4n) is 2.60. The number of anilines is 1. The smallest absolute Gasteiger partial charge is 0.216 e. The van der Waals surface area contributed by atoms with E-state index >= 15 is 0 Å². The molecule has 3 rings (SSSR count). The number of hydrogen-bond donors (Lipinski definition) is 2. The van der Waals surface area contributed by atoms with Crippen molar-refractivity contribution in [2.24, 2.45) is 0 Å². The van der Waals surface area contributed by atoms with Crippen LogP contribution in [0.4, 0.5) is 5.82 Å². The van der Waals surface area contributed by atoms with Gasteiger partial charge in [0.25, 0.3) is 0 Å². The largest absolute Gasteiger partial charge is 0.365 e. The van der Waals surface area contributed by atoms with Crippen LogP contribution in [0.2, 0.25) is 0 Å². The molecule has 1 aromatic carbocycles. The van der Waals surface area contributed by atoms with Crippen LogP contribution >= 0.6 is 0 Å². The molecule has 8 heteroatoms. The Morgan fingerprint density at radius 3 is 2.46 bits per heavy atom. The summed E-state index contributed by atoms with van der Waals surface area (Å²) in [6.07, 6.45) is 3.17. The highest BCUT2D eigenvalue weighted by molar-refractivity contribution is 7.88. The maximum atomic E-state index is 12.0. The Bertz CT molecular complexity index is 983. The molecule has 2 heterocycles. The lowest BCUT2D eigenvalue weighted by molar-refractivity contribution is 0.569. The van der Waals surface area contributed by atoms with Crippen molar-refractivity contribution in [2.75, 3.05) is 5.32 Å². The third-order valence-electron chi connectivity index (χ3n) is 3.66. The number of fused-ring (bicyclic) bond motifs is 1. The molecule has 0 spiro atoms. The summed E-state index contributed by atoms with van der Waals surface area (Å²) in [4.78, 5) is 12.6. The number of nitrogens with one attached hydrogen (secondary N) is 2. The molecule has 0 aliphatic heterocycles. The minimum atomic E-state index is -3.32. The Balaban J connectivity index is 1.66. The molecule has 2 aromatic heterocycles. The van der Waals surface area contributed by atoms with E-state index in [1.807, 2.05) is 36.4 Å². The third-order valence-corrected chi connectivity index (χ3v) is 5.21. The van der Waals surface area contributed by atoms with Crippen molar-refractivity contribution < 1.29 is 8.42 Å². The van der Waals surface area contributed by atoms with Crippen molar-refractivity contribution in [1.82, 2.24) is 19.7 Å². The minimum Gasteiger partial charge on any atom is -0.365 e. The van der Waals surface area contributed by atoms with Gasteiger partial charge in [-0.2, -0.15) is 0 Å². The van der Waals surface area contributed by atoms with Crippen LogP contribution in [-0.2, 0) is 22.3 Å². The maximum Gasteiger partial charge on any atom is 0.216 e. The van der Waals surface area contributed by atoms with Gasteiger partial charge in [-0.15, -0.1) is 0 Å². The first-order valence-electron chi connectivity index (χ1n) is 8.30. The van der Waals surface area contributed by atoms with E-state index in [2.05, 4.69) is 25.0 Å². The molecule has 3 aromatic rings. The van der Waals surface area contributed by atoms with Crippen molar-refractivity contribution in [1.29, 1.82) is 0 Å². The summed E-state index contributed by atoms with van der Waals surface area (Å²) in [5, 5.41) is 4.13. The lowest BCUT2D eigenvalue weighted by atomic mass is 10.1. The zero-order valence-electron chi connectivity index (χ0n) is 14.7. The Hall–Kier alpha value is -2.58. The van der Waals surface area contributed by atoms with Crippen molar-refractivity contribution in [2.45, 2.75) is 32.2 Å². The molecular weight excluding hydrogens is 350 g/mol. The molecule has 0 unspecified atom stereocenters. The Kier molecular flexibility index (Phi) is 5.43. The van der Waals surface area contributed by atoms with Gasteiger partial charge >= 0.3 is 0 Å². The quantitative estimate of drug-likeness (QED) is 0.662. The van der Waals surface area contributed by atoms with Crippen LogP contribution in [0, 0.1) is 0 Å². The normalized spacial score (nSPS) is 11.8. The van der Waals surface area contributed by atoms with Crippen LogP contribution in [0.25, 0.3) is 11.0 Å². The summed E-state index contributed by atoms with van der Waals surface area (Å²) in [6, 6.07) is 11.1. The van der Waals surface area contributed by atoms with Gasteiger partial charge in [0, 0.05) is 18.8 Å². The molecule has 136 valence electrons. The van der Waals surface area contributed by atoms with E-state index in [-0.39, 0.29) is 11.8 Å². The van der Waals surface area contributed by atoms with E-state index < -0.39 is 10.0 Å². The Morgan fingerprint density at radius 2 is 1.73 bits per heavy atom. The molecule has 2 N–H and O–H groups in total. The van der Waals surface area contributed by atoms with Crippen LogP contribution in [0.1, 0.15) is 25.0 Å². The second-order valence-electron chi connectivity index (χ2n) is 6.30. The summed E-state index contributed by atoms with van der Waals surface area (Å²) in [5.41, 5.74) is 2.42. The summed E-state index contributed by atoms with van der Waals surface area (Å²) >= 11 is 0. The maximum absolute atomic E-state index is 12.0. The first kappa shape index (κ1) is 18.2. The van der Waals surface area contributed by atoms with Gasteiger partial charge in [0.1, 0.15) is 12.1 Å². The Morgan fingerprint density at radius 1 is 1.00 bits per heavy atom. The lowest BCUT2D eigenvalue weighted by Gasteiger charge is -2.10. The van der Waals surface area contributed by atoms with E-state index in [1.54, 1.807) is 20.0 Å². The fourth-order valence-corrected chi connectivity index (χ4v) is 4.03. The van der Waals surface area contributed by atoms with E-state index in [0.29, 0.717) is 12.2 Å². The molecule has 0 bridgehead atoms. The number of hydrogen-bond acceptors (Lipinski definition) is 6. The van der Waals surface area contributed by atoms with Crippen LogP contribution in [0.3, 0.4) is 0 Å². The Labute approximate surface area is 153 Å². The van der Waals surface area contributed by atoms with E-state index in [9.17, 15) is 8.42 Å². The van der Waals surface area contributed by atoms with Crippen molar-refractivity contribution >= 4 is 26.9 Å². The zero-order valence-corrected chi connectivity index (χ0v) is 15.5. The topological polar surface area (TPSA) is 96.9 Å². The second kappa shape index (κ2) is 7.76. The number of rotatable bonds is 7. The van der Waals surface area contributed by atoms with Gasteiger partial charge in [0.05, 0.1) is 11.1 Å². The minimum absolute atomic E-state index is 0.0267. The number of benzene rings is 1. The number of sulfonamides is 1. The number of nitrogens with zero attached hydrogens (tertiary/aromatic N) is 3. The van der Waals surface area contributed by atoms with Crippen LogP contribution in [-0.4, -0.2) is 29.4 Å². The van der Waals surface area contributed by atoms with Crippen molar-refractivity contribution in [3.8, 4) is 0 Å². The van der Waals surface area contributed by atoms with Gasteiger partial charge in [-0.3, -0.25) is 0 Å². The van der Waals surface area contributed by atoms with Gasteiger partial charge in [0.15, 0.2) is 5.65 Å². The second-order valence-corrected chi connectivity index (χ2v) is 8.05. The van der Waals surface area contributed by atoms with E-state index in [1.165, 1.54) is 6.33 Å². The molecule has 26 heavy (non-hydrogen) atoms. The van der Waals surface area contributed by atoms with E-state index in [0.717, 1.165) is 22.3 Å². The molecule has 0 aliphatic carbocycles. The lowest BCUT2D eigenvalue weighted by Crippen LogP contribution is -2.31. The van der Waals surface area contributed by atoms with Gasteiger partial charge in [0.2, 0.25) is 10.0 Å². The van der Waals surface area contributed by atoms with E-state index in [4.69, 9.17) is 0 Å². The fraction of sp³-hybridized carbons (Fsp3) is 0.278. The highest BCUT2D eigenvalue weighted by Crippen LogP contribution is 2.17. The molecule has 7 nitrogen and oxygen atoms in total. The molecule has 0 saturated carbocycles. The summed E-state index contributed by atoms with van der Waals surface area (Å²) in [5.74, 6) is 0.692.